The molecular formula is C32H51P. The van der Waals surface area contributed by atoms with Gasteiger partial charge in [-0.15, -0.1) is 0 Å². The van der Waals surface area contributed by atoms with Gasteiger partial charge in [-0.05, 0) is 36.0 Å². The monoisotopic (exact) mass is 466 g/mol. The zero-order valence-corrected chi connectivity index (χ0v) is 22.6. The molecule has 0 nitrogen and oxygen atoms in total. The van der Waals surface area contributed by atoms with Crippen LogP contribution in [0.2, 0.25) is 0 Å². The SMILES string of the molecule is CCCCCCCCCCCCCCCCCCP(Cc1ccccc1)Cc1ccccc1. The highest BCUT2D eigenvalue weighted by Gasteiger charge is 2.10. The van der Waals surface area contributed by atoms with Crippen LogP contribution in [0.4, 0.5) is 0 Å². The lowest BCUT2D eigenvalue weighted by molar-refractivity contribution is 0.531. The average molecular weight is 467 g/mol. The van der Waals surface area contributed by atoms with Gasteiger partial charge in [0, 0.05) is 0 Å². The third-order valence-corrected chi connectivity index (χ3v) is 9.40. The summed E-state index contributed by atoms with van der Waals surface area (Å²) < 4.78 is 0. The summed E-state index contributed by atoms with van der Waals surface area (Å²) >= 11 is 0. The van der Waals surface area contributed by atoms with Crippen LogP contribution in [0.1, 0.15) is 121 Å². The molecule has 184 valence electrons. The first-order valence-electron chi connectivity index (χ1n) is 14.2. The summed E-state index contributed by atoms with van der Waals surface area (Å²) in [6, 6.07) is 22.3. The Labute approximate surface area is 207 Å². The van der Waals surface area contributed by atoms with Crippen LogP contribution in [0, 0.1) is 0 Å². The maximum atomic E-state index is 2.31. The van der Waals surface area contributed by atoms with Crippen molar-refractivity contribution in [2.75, 3.05) is 6.16 Å². The van der Waals surface area contributed by atoms with Gasteiger partial charge in [0.15, 0.2) is 0 Å². The Kier molecular flexibility index (Phi) is 17.3. The molecule has 0 amide bonds. The number of rotatable bonds is 21. The molecule has 0 N–H and O–H groups in total. The summed E-state index contributed by atoms with van der Waals surface area (Å²) in [6.07, 6.45) is 27.2. The Balaban J connectivity index is 1.47. The van der Waals surface area contributed by atoms with E-state index in [0.717, 1.165) is 0 Å². The first kappa shape index (κ1) is 28.1. The maximum Gasteiger partial charge on any atom is -0.00701 e. The van der Waals surface area contributed by atoms with Crippen LogP contribution in [0.5, 0.6) is 0 Å². The van der Waals surface area contributed by atoms with E-state index in [-0.39, 0.29) is 7.92 Å². The van der Waals surface area contributed by atoms with E-state index in [9.17, 15) is 0 Å². The molecule has 0 heterocycles. The summed E-state index contributed by atoms with van der Waals surface area (Å²) in [5.74, 6) is 0. The fraction of sp³-hybridized carbons (Fsp3) is 0.625. The van der Waals surface area contributed by atoms with E-state index in [4.69, 9.17) is 0 Å². The van der Waals surface area contributed by atoms with Crippen molar-refractivity contribution in [3.05, 3.63) is 71.8 Å². The molecule has 1 heteroatoms. The van der Waals surface area contributed by atoms with Gasteiger partial charge in [-0.1, -0.05) is 172 Å². The van der Waals surface area contributed by atoms with Gasteiger partial charge >= 0.3 is 0 Å². The second-order valence-corrected chi connectivity index (χ2v) is 12.4. The molecule has 0 atom stereocenters. The normalized spacial score (nSPS) is 11.3. The van der Waals surface area contributed by atoms with Gasteiger partial charge < -0.3 is 0 Å². The Bertz CT molecular complexity index is 609. The Morgan fingerprint density at radius 2 is 0.758 bits per heavy atom. The van der Waals surface area contributed by atoms with Crippen molar-refractivity contribution in [1.82, 2.24) is 0 Å². The molecule has 0 bridgehead atoms. The Morgan fingerprint density at radius 3 is 1.12 bits per heavy atom. The molecule has 2 aromatic carbocycles. The summed E-state index contributed by atoms with van der Waals surface area (Å²) in [4.78, 5) is 0. The third kappa shape index (κ3) is 15.4. The van der Waals surface area contributed by atoms with Gasteiger partial charge in [-0.2, -0.15) is 0 Å². The van der Waals surface area contributed by atoms with Gasteiger partial charge in [-0.3, -0.25) is 0 Å². The molecule has 0 aliphatic rings. The van der Waals surface area contributed by atoms with Gasteiger partial charge in [0.2, 0.25) is 0 Å². The fourth-order valence-electron chi connectivity index (χ4n) is 4.78. The minimum atomic E-state index is 0.0441. The van der Waals surface area contributed by atoms with E-state index in [2.05, 4.69) is 67.6 Å². The van der Waals surface area contributed by atoms with Gasteiger partial charge in [0.05, 0.1) is 0 Å². The highest BCUT2D eigenvalue weighted by molar-refractivity contribution is 7.56. The largest absolute Gasteiger partial charge is 0.0977 e. The molecule has 0 saturated carbocycles. The highest BCUT2D eigenvalue weighted by atomic mass is 31.1. The van der Waals surface area contributed by atoms with Crippen LogP contribution < -0.4 is 0 Å². The number of benzene rings is 2. The van der Waals surface area contributed by atoms with E-state index < -0.39 is 0 Å². The summed E-state index contributed by atoms with van der Waals surface area (Å²) in [5, 5.41) is 0. The maximum absolute atomic E-state index is 2.31. The first-order valence-corrected chi connectivity index (χ1v) is 16.1. The van der Waals surface area contributed by atoms with E-state index in [0.29, 0.717) is 0 Å². The summed E-state index contributed by atoms with van der Waals surface area (Å²) in [7, 11) is 0.0441. The predicted molar refractivity (Wildman–Crippen MR) is 152 cm³/mol. The van der Waals surface area contributed by atoms with Crippen molar-refractivity contribution >= 4 is 7.92 Å². The lowest BCUT2D eigenvalue weighted by atomic mass is 10.0. The lowest BCUT2D eigenvalue weighted by Crippen LogP contribution is -1.94. The fourth-order valence-corrected chi connectivity index (χ4v) is 7.33. The lowest BCUT2D eigenvalue weighted by Gasteiger charge is -2.18. The Hall–Kier alpha value is -1.13. The van der Waals surface area contributed by atoms with Crippen LogP contribution in [0.25, 0.3) is 0 Å². The van der Waals surface area contributed by atoms with Crippen molar-refractivity contribution in [2.45, 2.75) is 122 Å². The van der Waals surface area contributed by atoms with E-state index in [1.165, 1.54) is 132 Å². The molecule has 0 aliphatic carbocycles. The molecule has 0 unspecified atom stereocenters. The number of hydrogen-bond donors (Lipinski definition) is 0. The van der Waals surface area contributed by atoms with Crippen molar-refractivity contribution in [3.63, 3.8) is 0 Å². The highest BCUT2D eigenvalue weighted by Crippen LogP contribution is 2.44. The smallest absolute Gasteiger partial charge is 0.00701 e. The quantitative estimate of drug-likeness (QED) is 0.127. The van der Waals surface area contributed by atoms with Crippen molar-refractivity contribution < 1.29 is 0 Å². The average Bonchev–Trinajstić information content (AvgIpc) is 2.85. The standard InChI is InChI=1S/C32H51P/c1-2-3-4-5-6-7-8-9-10-11-12-13-14-15-16-23-28-33(29-31-24-19-17-20-25-31)30-32-26-21-18-22-27-32/h17-22,24-27H,2-16,23,28-30H2,1H3. The molecule has 0 aromatic heterocycles. The zero-order valence-electron chi connectivity index (χ0n) is 21.7. The van der Waals surface area contributed by atoms with Crippen molar-refractivity contribution in [3.8, 4) is 0 Å². The molecule has 2 aromatic rings. The second-order valence-electron chi connectivity index (χ2n) is 9.99. The molecule has 2 rings (SSSR count). The molecule has 0 aliphatic heterocycles. The molecule has 33 heavy (non-hydrogen) atoms. The minimum Gasteiger partial charge on any atom is -0.0977 e. The summed E-state index contributed by atoms with van der Waals surface area (Å²) in [5.41, 5.74) is 3.05. The van der Waals surface area contributed by atoms with Crippen LogP contribution in [0.15, 0.2) is 60.7 Å². The predicted octanol–water partition coefficient (Wildman–Crippen LogP) is 11.1. The summed E-state index contributed by atoms with van der Waals surface area (Å²) in [6.45, 7) is 2.30. The van der Waals surface area contributed by atoms with Crippen molar-refractivity contribution in [1.29, 1.82) is 0 Å². The van der Waals surface area contributed by atoms with Gasteiger partial charge in [-0.25, -0.2) is 0 Å². The molecule has 0 saturated heterocycles. The molecular weight excluding hydrogens is 415 g/mol. The second kappa shape index (κ2) is 20.3. The zero-order chi connectivity index (χ0) is 23.2. The topological polar surface area (TPSA) is 0 Å². The number of unbranched alkanes of at least 4 members (excludes halogenated alkanes) is 15. The van der Waals surface area contributed by atoms with Crippen LogP contribution in [-0.2, 0) is 12.3 Å². The van der Waals surface area contributed by atoms with Gasteiger partial charge in [0.1, 0.15) is 0 Å². The minimum absolute atomic E-state index is 0.0441. The Morgan fingerprint density at radius 1 is 0.424 bits per heavy atom. The molecule has 0 radical (unpaired) electrons. The van der Waals surface area contributed by atoms with Crippen LogP contribution in [-0.4, -0.2) is 6.16 Å². The third-order valence-electron chi connectivity index (χ3n) is 6.83. The molecule has 0 spiro atoms. The first-order chi connectivity index (χ1) is 16.4. The van der Waals surface area contributed by atoms with Crippen LogP contribution >= 0.6 is 7.92 Å². The van der Waals surface area contributed by atoms with Gasteiger partial charge in [0.25, 0.3) is 0 Å². The molecule has 0 fully saturated rings. The number of hydrogen-bond acceptors (Lipinski definition) is 0. The van der Waals surface area contributed by atoms with E-state index in [1.54, 1.807) is 0 Å². The van der Waals surface area contributed by atoms with E-state index in [1.807, 2.05) is 0 Å². The van der Waals surface area contributed by atoms with Crippen LogP contribution in [0.3, 0.4) is 0 Å². The van der Waals surface area contributed by atoms with Crippen molar-refractivity contribution in [2.24, 2.45) is 0 Å². The van der Waals surface area contributed by atoms with E-state index >= 15 is 0 Å².